The number of nitrogens with two attached hydrogens (primary N) is 2. The van der Waals surface area contributed by atoms with E-state index in [1.54, 1.807) is 0 Å². The zero-order valence-corrected chi connectivity index (χ0v) is 18.1. The predicted molar refractivity (Wildman–Crippen MR) is 119 cm³/mol. The van der Waals surface area contributed by atoms with E-state index in [2.05, 4.69) is 21.8 Å². The van der Waals surface area contributed by atoms with Crippen molar-refractivity contribution in [2.24, 2.45) is 22.6 Å². The number of nitrogens with zero attached hydrogens (tertiary/aromatic N) is 2. The van der Waals surface area contributed by atoms with Crippen molar-refractivity contribution >= 4 is 30.2 Å². The van der Waals surface area contributed by atoms with E-state index in [1.165, 1.54) is 7.05 Å². The normalized spacial score (nSPS) is 14.5. The van der Waals surface area contributed by atoms with Crippen LogP contribution in [0.4, 0.5) is 0 Å². The Bertz CT molecular complexity index is 645. The molecule has 1 aromatic rings. The molecule has 2 rings (SSSR count). The van der Waals surface area contributed by atoms with Gasteiger partial charge in [-0.15, -0.1) is 0 Å². The molecule has 0 bridgehead atoms. The molecular weight excluding hydrogens is 392 g/mol. The fraction of sp³-hybridized carbons (Fsp3) is 0.476. The van der Waals surface area contributed by atoms with Crippen molar-refractivity contribution in [3.8, 4) is 0 Å². The molecule has 7 nitrogen and oxygen atoms in total. The van der Waals surface area contributed by atoms with Crippen molar-refractivity contribution in [1.82, 2.24) is 4.90 Å². The number of esters is 1. The summed E-state index contributed by atoms with van der Waals surface area (Å²) in [6, 6.07) is 7.86. The van der Waals surface area contributed by atoms with Crippen LogP contribution < -0.4 is 11.6 Å². The standard InChI is InChI=1S/C19H26ClN3O2.CH5N.CH2O/c1-2-25-19(24)16-11-13-23(14-12-16)18(22-21)10-6-4-8-15-7-3-5-9-17(15)20;2*1-2/h3,5-7,9-10,16H,2,4,8,11-14,21H2,1H3;2H2,1H3;1H2/b10-6-,22-18+;;. The number of benzene rings is 1. The van der Waals surface area contributed by atoms with Gasteiger partial charge in [0, 0.05) is 18.1 Å². The summed E-state index contributed by atoms with van der Waals surface area (Å²) in [5.74, 6) is 6.19. The van der Waals surface area contributed by atoms with E-state index in [0.29, 0.717) is 6.61 Å². The Morgan fingerprint density at radius 1 is 1.31 bits per heavy atom. The number of carbonyl (C=O) groups excluding carboxylic acids is 2. The first-order valence-electron chi connectivity index (χ1n) is 9.61. The van der Waals surface area contributed by atoms with E-state index in [9.17, 15) is 4.79 Å². The largest absolute Gasteiger partial charge is 0.466 e. The lowest BCUT2D eigenvalue weighted by Crippen LogP contribution is -2.40. The summed E-state index contributed by atoms with van der Waals surface area (Å²) in [6.45, 7) is 5.78. The minimum Gasteiger partial charge on any atom is -0.466 e. The monoisotopic (exact) mass is 424 g/mol. The van der Waals surface area contributed by atoms with E-state index >= 15 is 0 Å². The number of rotatable bonds is 6. The Hall–Kier alpha value is -2.38. The van der Waals surface area contributed by atoms with Crippen LogP contribution in [0.1, 0.15) is 31.7 Å². The fourth-order valence-electron chi connectivity index (χ4n) is 2.96. The molecule has 0 unspecified atom stereocenters. The Morgan fingerprint density at radius 3 is 2.48 bits per heavy atom. The molecule has 1 heterocycles. The lowest BCUT2D eigenvalue weighted by molar-refractivity contribution is -0.149. The van der Waals surface area contributed by atoms with Crippen molar-refractivity contribution in [3.05, 3.63) is 47.0 Å². The molecular formula is C21H33ClN4O3. The second-order valence-electron chi connectivity index (χ2n) is 6.03. The third-order valence-electron chi connectivity index (χ3n) is 4.38. The summed E-state index contributed by atoms with van der Waals surface area (Å²) in [4.78, 5) is 21.9. The Kier molecular flexibility index (Phi) is 15.2. The summed E-state index contributed by atoms with van der Waals surface area (Å²) in [5, 5.41) is 4.69. The van der Waals surface area contributed by atoms with Crippen LogP contribution in [0.2, 0.25) is 5.02 Å². The van der Waals surface area contributed by atoms with Crippen LogP contribution in [-0.2, 0) is 20.7 Å². The van der Waals surface area contributed by atoms with Gasteiger partial charge in [-0.3, -0.25) is 4.79 Å². The Morgan fingerprint density at radius 2 is 1.93 bits per heavy atom. The number of amidine groups is 1. The number of ether oxygens (including phenoxy) is 1. The van der Waals surface area contributed by atoms with Crippen LogP contribution in [0.25, 0.3) is 0 Å². The number of piperidine rings is 1. The number of hydrogen-bond donors (Lipinski definition) is 2. The van der Waals surface area contributed by atoms with E-state index in [1.807, 2.05) is 44.1 Å². The molecule has 1 fully saturated rings. The van der Waals surface area contributed by atoms with Gasteiger partial charge >= 0.3 is 5.97 Å². The van der Waals surface area contributed by atoms with Crippen molar-refractivity contribution in [2.45, 2.75) is 32.6 Å². The maximum atomic E-state index is 11.8. The van der Waals surface area contributed by atoms with E-state index in [4.69, 9.17) is 27.0 Å². The molecule has 1 aromatic carbocycles. The number of hydrogen-bond acceptors (Lipinski definition) is 6. The number of likely N-dealkylation sites (tertiary alicyclic amines) is 1. The lowest BCUT2D eigenvalue weighted by Gasteiger charge is -2.31. The first kappa shape index (κ1) is 26.6. The summed E-state index contributed by atoms with van der Waals surface area (Å²) < 4.78 is 5.10. The first-order chi connectivity index (χ1) is 14.2. The summed E-state index contributed by atoms with van der Waals surface area (Å²) in [6.07, 6.45) is 7.28. The smallest absolute Gasteiger partial charge is 0.309 e. The second-order valence-corrected chi connectivity index (χ2v) is 6.44. The molecule has 0 radical (unpaired) electrons. The number of halogens is 1. The van der Waals surface area contributed by atoms with Crippen molar-refractivity contribution in [2.75, 3.05) is 26.7 Å². The predicted octanol–water partition coefficient (Wildman–Crippen LogP) is 2.77. The van der Waals surface area contributed by atoms with Crippen molar-refractivity contribution in [1.29, 1.82) is 0 Å². The minimum absolute atomic E-state index is 0.0144. The highest BCUT2D eigenvalue weighted by Gasteiger charge is 2.26. The average Bonchev–Trinajstić information content (AvgIpc) is 2.78. The van der Waals surface area contributed by atoms with Gasteiger partial charge in [0.1, 0.15) is 12.6 Å². The second kappa shape index (κ2) is 16.6. The van der Waals surface area contributed by atoms with E-state index in [-0.39, 0.29) is 11.9 Å². The van der Waals surface area contributed by atoms with Crippen LogP contribution in [0.5, 0.6) is 0 Å². The third-order valence-corrected chi connectivity index (χ3v) is 4.74. The maximum absolute atomic E-state index is 11.8. The molecule has 0 atom stereocenters. The highest BCUT2D eigenvalue weighted by Crippen LogP contribution is 2.20. The molecule has 0 aliphatic carbocycles. The molecule has 1 saturated heterocycles. The minimum atomic E-state index is -0.0938. The third kappa shape index (κ3) is 9.58. The van der Waals surface area contributed by atoms with Crippen LogP contribution in [0.3, 0.4) is 0 Å². The fourth-order valence-corrected chi connectivity index (χ4v) is 3.19. The van der Waals surface area contributed by atoms with Crippen molar-refractivity contribution in [3.63, 3.8) is 0 Å². The molecule has 0 spiro atoms. The van der Waals surface area contributed by atoms with Gasteiger partial charge < -0.3 is 26.0 Å². The van der Waals surface area contributed by atoms with Gasteiger partial charge in [-0.1, -0.05) is 35.9 Å². The van der Waals surface area contributed by atoms with Crippen LogP contribution in [0, 0.1) is 5.92 Å². The molecule has 8 heteroatoms. The maximum Gasteiger partial charge on any atom is 0.309 e. The average molecular weight is 425 g/mol. The SMILES string of the molecule is C=O.CCOC(=O)C1CCN(C(/C=C\CCc2ccccc2Cl)=N/N)CC1.CN. The number of carbonyl (C=O) groups is 2. The highest BCUT2D eigenvalue weighted by molar-refractivity contribution is 6.31. The molecule has 0 saturated carbocycles. The van der Waals surface area contributed by atoms with Gasteiger partial charge in [0.05, 0.1) is 12.5 Å². The number of allylic oxidation sites excluding steroid dienone is 1. The molecule has 0 amide bonds. The van der Waals surface area contributed by atoms with Crippen molar-refractivity contribution < 1.29 is 14.3 Å². The quantitative estimate of drug-likeness (QED) is 0.239. The number of aryl methyl sites for hydroxylation is 1. The van der Waals surface area contributed by atoms with Gasteiger partial charge in [0.15, 0.2) is 0 Å². The highest BCUT2D eigenvalue weighted by atomic mass is 35.5. The van der Waals surface area contributed by atoms with Crippen LogP contribution >= 0.6 is 11.6 Å². The van der Waals surface area contributed by atoms with Gasteiger partial charge in [0.2, 0.25) is 0 Å². The van der Waals surface area contributed by atoms with Gasteiger partial charge in [0.25, 0.3) is 0 Å². The molecule has 1 aliphatic heterocycles. The van der Waals surface area contributed by atoms with Crippen LogP contribution in [0.15, 0.2) is 41.5 Å². The van der Waals surface area contributed by atoms with E-state index in [0.717, 1.165) is 55.2 Å². The topological polar surface area (TPSA) is 111 Å². The Balaban J connectivity index is 0.00000184. The number of hydrazone groups is 1. The van der Waals surface area contributed by atoms with Gasteiger partial charge in [-0.25, -0.2) is 0 Å². The summed E-state index contributed by atoms with van der Waals surface area (Å²) in [5.41, 5.74) is 5.63. The first-order valence-corrected chi connectivity index (χ1v) is 9.99. The lowest BCUT2D eigenvalue weighted by atomic mass is 9.97. The molecule has 1 aliphatic rings. The zero-order chi connectivity index (χ0) is 22.1. The van der Waals surface area contributed by atoms with E-state index < -0.39 is 0 Å². The van der Waals surface area contributed by atoms with Gasteiger partial charge in [-0.2, -0.15) is 5.10 Å². The zero-order valence-electron chi connectivity index (χ0n) is 17.4. The summed E-state index contributed by atoms with van der Waals surface area (Å²) >= 11 is 6.16. The summed E-state index contributed by atoms with van der Waals surface area (Å²) in [7, 11) is 1.50. The molecule has 4 N–H and O–H groups in total. The van der Waals surface area contributed by atoms with Crippen LogP contribution in [-0.4, -0.2) is 50.2 Å². The molecule has 162 valence electrons. The molecule has 0 aromatic heterocycles. The molecule has 29 heavy (non-hydrogen) atoms. The van der Waals surface area contributed by atoms with Gasteiger partial charge in [-0.05, 0) is 57.4 Å². The Labute approximate surface area is 178 Å².